The van der Waals surface area contributed by atoms with Gasteiger partial charge in [-0.15, -0.1) is 0 Å². The van der Waals surface area contributed by atoms with E-state index in [0.29, 0.717) is 38.0 Å². The standard InChI is InChI=1S/C29H37N5O3/c1-3-37-27(35)10-7-17-34-25-16-15-23(33(2)29(36)22-8-5-4-6-9-22)19-24(25)32-26(34)18-20-11-13-21(14-12-20)28(30)31/h11-16,19,22H,3-10,17-18H2,1-2H3,(H3,30,31). The van der Waals surface area contributed by atoms with Crippen LogP contribution in [0, 0.1) is 11.3 Å². The number of nitrogens with zero attached hydrogens (tertiary/aromatic N) is 3. The summed E-state index contributed by atoms with van der Waals surface area (Å²) in [5.74, 6) is 1.01. The average molecular weight is 504 g/mol. The van der Waals surface area contributed by atoms with E-state index in [1.165, 1.54) is 6.42 Å². The number of amidine groups is 1. The number of ether oxygens (including phenoxy) is 1. The summed E-state index contributed by atoms with van der Waals surface area (Å²) in [5, 5.41) is 7.62. The van der Waals surface area contributed by atoms with Crippen LogP contribution < -0.4 is 10.6 Å². The summed E-state index contributed by atoms with van der Waals surface area (Å²) in [5.41, 5.74) is 9.98. The number of aromatic nitrogens is 2. The van der Waals surface area contributed by atoms with Gasteiger partial charge in [0.05, 0.1) is 17.6 Å². The van der Waals surface area contributed by atoms with Gasteiger partial charge in [0.15, 0.2) is 0 Å². The van der Waals surface area contributed by atoms with Gasteiger partial charge in [-0.3, -0.25) is 15.0 Å². The van der Waals surface area contributed by atoms with E-state index in [4.69, 9.17) is 20.9 Å². The lowest BCUT2D eigenvalue weighted by Crippen LogP contribution is -2.33. The summed E-state index contributed by atoms with van der Waals surface area (Å²) in [7, 11) is 1.85. The second kappa shape index (κ2) is 12.0. The van der Waals surface area contributed by atoms with Crippen molar-refractivity contribution < 1.29 is 14.3 Å². The van der Waals surface area contributed by atoms with E-state index < -0.39 is 0 Å². The van der Waals surface area contributed by atoms with Crippen LogP contribution in [-0.2, 0) is 27.3 Å². The maximum Gasteiger partial charge on any atom is 0.305 e. The molecule has 1 saturated carbocycles. The van der Waals surface area contributed by atoms with Crippen molar-refractivity contribution in [2.75, 3.05) is 18.6 Å². The lowest BCUT2D eigenvalue weighted by atomic mass is 9.88. The molecule has 3 aromatic rings. The molecule has 0 atom stereocenters. The van der Waals surface area contributed by atoms with Crippen molar-refractivity contribution in [1.29, 1.82) is 5.41 Å². The topological polar surface area (TPSA) is 114 Å². The van der Waals surface area contributed by atoms with Gasteiger partial charge in [-0.1, -0.05) is 43.5 Å². The molecule has 3 N–H and O–H groups in total. The molecule has 1 aromatic heterocycles. The zero-order chi connectivity index (χ0) is 26.4. The molecule has 1 heterocycles. The number of hydrogen-bond acceptors (Lipinski definition) is 5. The van der Waals surface area contributed by atoms with Crippen LogP contribution in [0.5, 0.6) is 0 Å². The smallest absolute Gasteiger partial charge is 0.305 e. The zero-order valence-electron chi connectivity index (χ0n) is 21.8. The number of rotatable bonds is 10. The Balaban J connectivity index is 1.60. The van der Waals surface area contributed by atoms with Crippen LogP contribution >= 0.6 is 0 Å². The number of benzene rings is 2. The van der Waals surface area contributed by atoms with Crippen molar-refractivity contribution in [2.45, 2.75) is 64.8 Å². The van der Waals surface area contributed by atoms with Crippen molar-refractivity contribution in [3.63, 3.8) is 0 Å². The Morgan fingerprint density at radius 3 is 2.54 bits per heavy atom. The van der Waals surface area contributed by atoms with E-state index in [-0.39, 0.29) is 23.6 Å². The fourth-order valence-corrected chi connectivity index (χ4v) is 5.11. The molecule has 1 aliphatic carbocycles. The van der Waals surface area contributed by atoms with Crippen molar-refractivity contribution in [3.8, 4) is 0 Å². The normalized spacial score (nSPS) is 14.0. The van der Waals surface area contributed by atoms with E-state index in [9.17, 15) is 9.59 Å². The molecular formula is C29H37N5O3. The third kappa shape index (κ3) is 6.37. The molecule has 4 rings (SSSR count). The first-order chi connectivity index (χ1) is 17.9. The molecule has 196 valence electrons. The van der Waals surface area contributed by atoms with Crippen LogP contribution in [0.2, 0.25) is 0 Å². The number of imidazole rings is 1. The van der Waals surface area contributed by atoms with Gasteiger partial charge in [-0.25, -0.2) is 4.98 Å². The van der Waals surface area contributed by atoms with Gasteiger partial charge >= 0.3 is 5.97 Å². The maximum atomic E-state index is 13.1. The van der Waals surface area contributed by atoms with Gasteiger partial charge in [0.1, 0.15) is 11.7 Å². The summed E-state index contributed by atoms with van der Waals surface area (Å²) in [6, 6.07) is 13.6. The molecular weight excluding hydrogens is 466 g/mol. The first-order valence-electron chi connectivity index (χ1n) is 13.2. The molecule has 1 amide bonds. The van der Waals surface area contributed by atoms with Crippen LogP contribution in [0.4, 0.5) is 5.69 Å². The Morgan fingerprint density at radius 1 is 1.14 bits per heavy atom. The number of carbonyl (C=O) groups is 2. The summed E-state index contributed by atoms with van der Waals surface area (Å²) in [6.07, 6.45) is 6.97. The van der Waals surface area contributed by atoms with E-state index >= 15 is 0 Å². The largest absolute Gasteiger partial charge is 0.466 e. The molecule has 1 fully saturated rings. The van der Waals surface area contributed by atoms with Gasteiger partial charge in [0, 0.05) is 43.6 Å². The lowest BCUT2D eigenvalue weighted by Gasteiger charge is -2.26. The number of fused-ring (bicyclic) bond motifs is 1. The van der Waals surface area contributed by atoms with E-state index in [1.807, 2.05) is 56.4 Å². The predicted octanol–water partition coefficient (Wildman–Crippen LogP) is 4.80. The number of carbonyl (C=O) groups excluding carboxylic acids is 2. The van der Waals surface area contributed by atoms with Crippen LogP contribution in [0.1, 0.15) is 68.8 Å². The third-order valence-electron chi connectivity index (χ3n) is 7.18. The Bertz CT molecular complexity index is 1260. The predicted molar refractivity (Wildman–Crippen MR) is 146 cm³/mol. The van der Waals surface area contributed by atoms with Gasteiger partial charge < -0.3 is 19.9 Å². The summed E-state index contributed by atoms with van der Waals surface area (Å²) < 4.78 is 7.24. The van der Waals surface area contributed by atoms with Crippen molar-refractivity contribution in [3.05, 3.63) is 59.4 Å². The molecule has 2 aromatic carbocycles. The summed E-state index contributed by atoms with van der Waals surface area (Å²) in [4.78, 5) is 31.7. The van der Waals surface area contributed by atoms with E-state index in [1.54, 1.807) is 4.90 Å². The molecule has 37 heavy (non-hydrogen) atoms. The first-order valence-corrected chi connectivity index (χ1v) is 13.2. The fourth-order valence-electron chi connectivity index (χ4n) is 5.11. The minimum Gasteiger partial charge on any atom is -0.466 e. The number of aryl methyl sites for hydroxylation is 1. The first kappa shape index (κ1) is 26.4. The third-order valence-corrected chi connectivity index (χ3v) is 7.18. The monoisotopic (exact) mass is 503 g/mol. The van der Waals surface area contributed by atoms with Gasteiger partial charge in [-0.05, 0) is 49.9 Å². The molecule has 0 radical (unpaired) electrons. The van der Waals surface area contributed by atoms with Crippen LogP contribution in [-0.4, -0.2) is 40.9 Å². The molecule has 1 aliphatic rings. The number of nitrogens with one attached hydrogen (secondary N) is 1. The highest BCUT2D eigenvalue weighted by molar-refractivity contribution is 5.96. The average Bonchev–Trinajstić information content (AvgIpc) is 3.24. The number of nitrogens with two attached hydrogens (primary N) is 1. The minimum atomic E-state index is -0.196. The molecule has 0 bridgehead atoms. The van der Waals surface area contributed by atoms with Crippen LogP contribution in [0.15, 0.2) is 42.5 Å². The number of esters is 1. The van der Waals surface area contributed by atoms with Crippen molar-refractivity contribution in [2.24, 2.45) is 11.7 Å². The van der Waals surface area contributed by atoms with Crippen molar-refractivity contribution >= 4 is 34.4 Å². The summed E-state index contributed by atoms with van der Waals surface area (Å²) >= 11 is 0. The SMILES string of the molecule is CCOC(=O)CCCn1c(Cc2ccc(C(=N)N)cc2)nc2cc(N(C)C(=O)C3CCCCC3)ccc21. The number of nitrogen functional groups attached to an aromatic ring is 1. The second-order valence-electron chi connectivity index (χ2n) is 9.78. The maximum absolute atomic E-state index is 13.1. The highest BCUT2D eigenvalue weighted by Gasteiger charge is 2.25. The van der Waals surface area contributed by atoms with Crippen LogP contribution in [0.3, 0.4) is 0 Å². The van der Waals surface area contributed by atoms with Gasteiger partial charge in [-0.2, -0.15) is 0 Å². The van der Waals surface area contributed by atoms with Gasteiger partial charge in [0.2, 0.25) is 5.91 Å². The second-order valence-corrected chi connectivity index (χ2v) is 9.78. The van der Waals surface area contributed by atoms with E-state index in [0.717, 1.165) is 53.8 Å². The molecule has 8 heteroatoms. The Morgan fingerprint density at radius 2 is 1.86 bits per heavy atom. The molecule has 8 nitrogen and oxygen atoms in total. The number of anilines is 1. The fraction of sp³-hybridized carbons (Fsp3) is 0.448. The number of amides is 1. The quantitative estimate of drug-likeness (QED) is 0.234. The van der Waals surface area contributed by atoms with Crippen LogP contribution in [0.25, 0.3) is 11.0 Å². The number of hydrogen-bond donors (Lipinski definition) is 2. The highest BCUT2D eigenvalue weighted by Crippen LogP contribution is 2.29. The van der Waals surface area contributed by atoms with E-state index in [2.05, 4.69) is 4.57 Å². The molecule has 0 saturated heterocycles. The molecule has 0 aliphatic heterocycles. The highest BCUT2D eigenvalue weighted by atomic mass is 16.5. The lowest BCUT2D eigenvalue weighted by molar-refractivity contribution is -0.143. The van der Waals surface area contributed by atoms with Gasteiger partial charge in [0.25, 0.3) is 0 Å². The van der Waals surface area contributed by atoms with Crippen molar-refractivity contribution in [1.82, 2.24) is 9.55 Å². The molecule has 0 spiro atoms. The zero-order valence-corrected chi connectivity index (χ0v) is 21.8. The minimum absolute atomic E-state index is 0.0391. The Kier molecular flexibility index (Phi) is 8.58. The Hall–Kier alpha value is -3.68. The summed E-state index contributed by atoms with van der Waals surface area (Å²) in [6.45, 7) is 2.82. The molecule has 0 unspecified atom stereocenters. The Labute approximate surface area is 218 Å².